The van der Waals surface area contributed by atoms with Crippen LogP contribution in [0.1, 0.15) is 64.5 Å². The van der Waals surface area contributed by atoms with Crippen LogP contribution in [0.15, 0.2) is 24.4 Å². The maximum Gasteiger partial charge on any atom is 0.181 e. The molecule has 0 unspecified atom stereocenters. The number of unbranched alkanes of at least 4 members (excludes halogenated alkanes) is 5. The third kappa shape index (κ3) is 8.37. The van der Waals surface area contributed by atoms with Gasteiger partial charge in [0.25, 0.3) is 0 Å². The number of pyridine rings is 1. The highest BCUT2D eigenvalue weighted by molar-refractivity contribution is 4.97. The number of aryl methyl sites for hydroxylation is 2. The van der Waals surface area contributed by atoms with Crippen molar-refractivity contribution in [1.82, 2.24) is 0 Å². The second-order valence-electron chi connectivity index (χ2n) is 4.90. The van der Waals surface area contributed by atoms with Crippen molar-refractivity contribution in [2.24, 2.45) is 0 Å². The molecule has 0 saturated carbocycles. The lowest BCUT2D eigenvalue weighted by molar-refractivity contribution is -0.704. The van der Waals surface area contributed by atoms with Gasteiger partial charge < -0.3 is 11.8 Å². The third-order valence-corrected chi connectivity index (χ3v) is 3.29. The van der Waals surface area contributed by atoms with Gasteiger partial charge in [-0.2, -0.15) is 0 Å². The molecule has 106 valence electrons. The Morgan fingerprint density at radius 3 is 2.32 bits per heavy atom. The molecule has 1 heterocycles. The molecule has 0 radical (unpaired) electrons. The Labute approximate surface area is 119 Å². The highest BCUT2D eigenvalue weighted by Crippen LogP contribution is 2.05. The number of hydrogen-bond donors (Lipinski definition) is 0. The smallest absolute Gasteiger partial charge is 0.181 e. The van der Waals surface area contributed by atoms with Gasteiger partial charge in [0.15, 0.2) is 11.9 Å². The van der Waals surface area contributed by atoms with Gasteiger partial charge in [0.2, 0.25) is 0 Å². The molecule has 0 aliphatic heterocycles. The molecule has 19 heavy (non-hydrogen) atoms. The topological polar surface area (TPSA) is 27.7 Å². The number of aromatic nitrogens is 1. The van der Waals surface area contributed by atoms with E-state index in [1.165, 1.54) is 63.6 Å². The van der Waals surface area contributed by atoms with E-state index in [0.717, 1.165) is 0 Å². The molecule has 0 atom stereocenters. The first-order valence-corrected chi connectivity index (χ1v) is 7.58. The van der Waals surface area contributed by atoms with E-state index in [1.54, 1.807) is 0 Å². The van der Waals surface area contributed by atoms with Crippen molar-refractivity contribution in [1.29, 1.82) is 5.26 Å². The summed E-state index contributed by atoms with van der Waals surface area (Å²) in [6.07, 6.45) is 13.0. The Kier molecular flexibility index (Phi) is 12.1. The van der Waals surface area contributed by atoms with Gasteiger partial charge in [-0.1, -0.05) is 45.6 Å². The van der Waals surface area contributed by atoms with Gasteiger partial charge in [-0.05, 0) is 12.8 Å². The molecule has 0 N–H and O–H groups in total. The molecule has 0 saturated heterocycles. The van der Waals surface area contributed by atoms with E-state index in [0.29, 0.717) is 0 Å². The van der Waals surface area contributed by atoms with Crippen LogP contribution in [0.3, 0.4) is 0 Å². The molecule has 0 fully saturated rings. The van der Waals surface area contributed by atoms with Gasteiger partial charge in [0.1, 0.15) is 6.54 Å². The fourth-order valence-electron chi connectivity index (χ4n) is 2.28. The molecule has 1 rings (SSSR count). The lowest BCUT2D eigenvalue weighted by Gasteiger charge is -2.03. The minimum atomic E-state index is 1.20. The standard InChI is InChI=1S/C16H28N.CN/c1-3-5-6-7-8-10-14-17-15-11-9-13-16(17)12-4-2;1-2/h9,11,13,15H,3-8,10,12,14H2,1-2H3;/q+1;-1. The molecule has 0 amide bonds. The zero-order valence-electron chi connectivity index (χ0n) is 12.6. The molecule has 0 aliphatic carbocycles. The maximum absolute atomic E-state index is 6.25. The molecule has 0 aliphatic rings. The molecule has 1 aromatic rings. The normalized spacial score (nSPS) is 9.68. The molecular weight excluding hydrogens is 232 g/mol. The SMILES string of the molecule is CCCCCCCC[n+]1ccccc1CCC.[C-]#N. The molecule has 2 heteroatoms. The van der Waals surface area contributed by atoms with Gasteiger partial charge in [-0.3, -0.25) is 0 Å². The van der Waals surface area contributed by atoms with Crippen LogP contribution < -0.4 is 4.57 Å². The summed E-state index contributed by atoms with van der Waals surface area (Å²) >= 11 is 0. The van der Waals surface area contributed by atoms with Crippen molar-refractivity contribution in [3.8, 4) is 0 Å². The summed E-state index contributed by atoms with van der Waals surface area (Å²) in [5.74, 6) is 0. The van der Waals surface area contributed by atoms with E-state index in [1.807, 2.05) is 0 Å². The monoisotopic (exact) mass is 260 g/mol. The van der Waals surface area contributed by atoms with E-state index in [9.17, 15) is 0 Å². The zero-order valence-corrected chi connectivity index (χ0v) is 12.6. The second-order valence-corrected chi connectivity index (χ2v) is 4.90. The Morgan fingerprint density at radius 2 is 1.63 bits per heavy atom. The summed E-state index contributed by atoms with van der Waals surface area (Å²) in [4.78, 5) is 0. The Balaban J connectivity index is 0.00000154. The van der Waals surface area contributed by atoms with Crippen molar-refractivity contribution in [3.05, 3.63) is 36.7 Å². The fraction of sp³-hybridized carbons (Fsp3) is 0.647. The van der Waals surface area contributed by atoms with Gasteiger partial charge in [0.05, 0.1) is 0 Å². The van der Waals surface area contributed by atoms with Crippen molar-refractivity contribution in [2.75, 3.05) is 0 Å². The molecule has 0 spiro atoms. The summed E-state index contributed by atoms with van der Waals surface area (Å²) in [5.41, 5.74) is 1.49. The molecule has 1 aromatic heterocycles. The molecule has 2 nitrogen and oxygen atoms in total. The van der Waals surface area contributed by atoms with Gasteiger partial charge >= 0.3 is 0 Å². The summed E-state index contributed by atoms with van der Waals surface area (Å²) in [6.45, 7) is 10.5. The first-order chi connectivity index (χ1) is 9.38. The van der Waals surface area contributed by atoms with Crippen LogP contribution in [0.25, 0.3) is 0 Å². The van der Waals surface area contributed by atoms with Crippen molar-refractivity contribution < 1.29 is 4.57 Å². The Hall–Kier alpha value is -1.36. The number of rotatable bonds is 9. The van der Waals surface area contributed by atoms with Crippen molar-refractivity contribution in [2.45, 2.75) is 71.8 Å². The highest BCUT2D eigenvalue weighted by atomic mass is 14.9. The largest absolute Gasteiger partial charge is 0.512 e. The van der Waals surface area contributed by atoms with E-state index >= 15 is 0 Å². The van der Waals surface area contributed by atoms with Crippen LogP contribution >= 0.6 is 0 Å². The maximum atomic E-state index is 6.25. The molecule has 0 bridgehead atoms. The van der Waals surface area contributed by atoms with Crippen molar-refractivity contribution in [3.63, 3.8) is 0 Å². The second kappa shape index (κ2) is 13.1. The van der Waals surface area contributed by atoms with E-state index in [4.69, 9.17) is 11.8 Å². The first kappa shape index (κ1) is 17.6. The summed E-state index contributed by atoms with van der Waals surface area (Å²) in [6, 6.07) is 6.57. The van der Waals surface area contributed by atoms with E-state index in [-0.39, 0.29) is 0 Å². The van der Waals surface area contributed by atoms with Crippen LogP contribution in [-0.4, -0.2) is 0 Å². The van der Waals surface area contributed by atoms with Crippen LogP contribution in [0.2, 0.25) is 0 Å². The molecule has 0 aromatic carbocycles. The van der Waals surface area contributed by atoms with E-state index < -0.39 is 0 Å². The molecular formula is C17H28N2. The lowest BCUT2D eigenvalue weighted by Crippen LogP contribution is -2.37. The predicted molar refractivity (Wildman–Crippen MR) is 79.0 cm³/mol. The minimum Gasteiger partial charge on any atom is -0.512 e. The summed E-state index contributed by atoms with van der Waals surface area (Å²) < 4.78 is 2.43. The van der Waals surface area contributed by atoms with Gasteiger partial charge in [-0.15, -0.1) is 0 Å². The third-order valence-electron chi connectivity index (χ3n) is 3.29. The Morgan fingerprint density at radius 1 is 0.947 bits per heavy atom. The summed E-state index contributed by atoms with van der Waals surface area (Å²) in [5, 5.41) is 6.25. The quantitative estimate of drug-likeness (QED) is 0.368. The Bertz CT molecular complexity index is 331. The zero-order chi connectivity index (χ0) is 14.3. The lowest BCUT2D eigenvalue weighted by atomic mass is 10.1. The van der Waals surface area contributed by atoms with Gasteiger partial charge in [0, 0.05) is 25.0 Å². The van der Waals surface area contributed by atoms with Crippen LogP contribution in [0, 0.1) is 11.8 Å². The van der Waals surface area contributed by atoms with Crippen LogP contribution in [0.5, 0.6) is 0 Å². The first-order valence-electron chi connectivity index (χ1n) is 7.58. The number of nitrogens with zero attached hydrogens (tertiary/aromatic N) is 2. The fourth-order valence-corrected chi connectivity index (χ4v) is 2.28. The van der Waals surface area contributed by atoms with Gasteiger partial charge in [-0.25, -0.2) is 4.57 Å². The minimum absolute atomic E-state index is 1.20. The highest BCUT2D eigenvalue weighted by Gasteiger charge is 2.07. The average molecular weight is 260 g/mol. The van der Waals surface area contributed by atoms with Crippen LogP contribution in [-0.2, 0) is 13.0 Å². The predicted octanol–water partition coefficient (Wildman–Crippen LogP) is 4.38. The number of hydrogen-bond acceptors (Lipinski definition) is 1. The van der Waals surface area contributed by atoms with E-state index in [2.05, 4.69) is 42.8 Å². The van der Waals surface area contributed by atoms with Crippen molar-refractivity contribution >= 4 is 0 Å². The van der Waals surface area contributed by atoms with Crippen LogP contribution in [0.4, 0.5) is 0 Å². The summed E-state index contributed by atoms with van der Waals surface area (Å²) in [7, 11) is 0. The average Bonchev–Trinajstić information content (AvgIpc) is 2.47.